The average Bonchev–Trinajstić information content (AvgIpc) is 3.39. The number of carbonyl (C=O) groups excluding carboxylic acids is 2. The molecule has 1 aliphatic heterocycles. The molecule has 0 aliphatic carbocycles. The van der Waals surface area contributed by atoms with Crippen molar-refractivity contribution >= 4 is 23.0 Å². The number of rotatable bonds is 8. The Kier molecular flexibility index (Phi) is 7.04. The summed E-state index contributed by atoms with van der Waals surface area (Å²) in [7, 11) is 1.61. The maximum Gasteiger partial charge on any atom is 0.338 e. The number of fused-ring (bicyclic) bond motifs is 1. The number of carbonyl (C=O) groups is 2. The van der Waals surface area contributed by atoms with Crippen LogP contribution in [-0.4, -0.2) is 29.1 Å². The second-order valence-electron chi connectivity index (χ2n) is 8.80. The number of methoxy groups -OCH3 is 1. The Labute approximate surface area is 219 Å². The minimum Gasteiger partial charge on any atom is -0.497 e. The number of H-pyrrole nitrogens is 1. The third-order valence-electron chi connectivity index (χ3n) is 6.42. The zero-order valence-electron chi connectivity index (χ0n) is 20.7. The predicted molar refractivity (Wildman–Crippen MR) is 140 cm³/mol. The molecule has 2 aromatic heterocycles. The van der Waals surface area contributed by atoms with E-state index < -0.39 is 18.0 Å². The van der Waals surface area contributed by atoms with Gasteiger partial charge in [0.2, 0.25) is 0 Å². The molecule has 0 radical (unpaired) electrons. The summed E-state index contributed by atoms with van der Waals surface area (Å²) in [5, 5.41) is 15.7. The van der Waals surface area contributed by atoms with Crippen LogP contribution in [-0.2, 0) is 22.6 Å². The quantitative estimate of drug-likeness (QED) is 0.303. The van der Waals surface area contributed by atoms with Gasteiger partial charge in [-0.2, -0.15) is 5.26 Å². The SMILES string of the molecule is COc1ccc(CCC2=C(C(=O)OCc3cccc(C#N)c3)C(c3c[nH]c4ncccc34)NC(=O)N2)cc1. The monoisotopic (exact) mass is 507 g/mol. The molecule has 0 bridgehead atoms. The van der Waals surface area contributed by atoms with Crippen molar-refractivity contribution in [2.24, 2.45) is 0 Å². The zero-order valence-corrected chi connectivity index (χ0v) is 20.7. The van der Waals surface area contributed by atoms with Gasteiger partial charge in [0.1, 0.15) is 18.0 Å². The number of ether oxygens (including phenoxy) is 2. The highest BCUT2D eigenvalue weighted by Crippen LogP contribution is 2.33. The van der Waals surface area contributed by atoms with Crippen LogP contribution in [0, 0.1) is 11.3 Å². The standard InChI is InChI=1S/C29H25N5O4/c1-37-21-10-7-18(8-11-21)9-12-24-25(28(35)38-17-20-5-2-4-19(14-20)15-30)26(34-29(36)33-24)23-16-32-27-22(23)6-3-13-31-27/h2-8,10-11,13-14,16,26H,9,12,17H2,1H3,(H,31,32)(H2,33,34,36). The summed E-state index contributed by atoms with van der Waals surface area (Å²) in [6, 6.07) is 19.2. The van der Waals surface area contributed by atoms with Gasteiger partial charge in [0.05, 0.1) is 30.4 Å². The van der Waals surface area contributed by atoms with Gasteiger partial charge in [-0.25, -0.2) is 14.6 Å². The van der Waals surface area contributed by atoms with Crippen LogP contribution in [0.3, 0.4) is 0 Å². The van der Waals surface area contributed by atoms with E-state index in [0.717, 1.165) is 16.7 Å². The lowest BCUT2D eigenvalue weighted by atomic mass is 9.93. The highest BCUT2D eigenvalue weighted by atomic mass is 16.5. The fourth-order valence-corrected chi connectivity index (χ4v) is 4.52. The molecule has 5 rings (SSSR count). The number of hydrogen-bond donors (Lipinski definition) is 3. The number of amides is 2. The van der Waals surface area contributed by atoms with E-state index in [1.54, 1.807) is 49.8 Å². The molecule has 0 spiro atoms. The van der Waals surface area contributed by atoms with E-state index in [2.05, 4.69) is 26.7 Å². The van der Waals surface area contributed by atoms with Crippen LogP contribution in [0.2, 0.25) is 0 Å². The molecular formula is C29H25N5O4. The normalized spacial score (nSPS) is 14.9. The number of urea groups is 1. The summed E-state index contributed by atoms with van der Waals surface area (Å²) in [4.78, 5) is 33.8. The lowest BCUT2D eigenvalue weighted by Crippen LogP contribution is -2.46. The van der Waals surface area contributed by atoms with Crippen molar-refractivity contribution in [1.29, 1.82) is 5.26 Å². The fraction of sp³-hybridized carbons (Fsp3) is 0.172. The molecule has 3 N–H and O–H groups in total. The number of hydrogen-bond acceptors (Lipinski definition) is 6. The number of aromatic amines is 1. The molecule has 4 aromatic rings. The highest BCUT2D eigenvalue weighted by Gasteiger charge is 2.35. The van der Waals surface area contributed by atoms with Gasteiger partial charge in [-0.15, -0.1) is 0 Å². The van der Waals surface area contributed by atoms with E-state index in [4.69, 9.17) is 9.47 Å². The van der Waals surface area contributed by atoms with Crippen LogP contribution in [0.4, 0.5) is 4.79 Å². The largest absolute Gasteiger partial charge is 0.497 e. The van der Waals surface area contributed by atoms with Crippen molar-refractivity contribution in [3.8, 4) is 11.8 Å². The summed E-state index contributed by atoms with van der Waals surface area (Å²) in [6.07, 6.45) is 4.41. The molecule has 2 aromatic carbocycles. The first kappa shape index (κ1) is 24.6. The number of nitrogens with zero attached hydrogens (tertiary/aromatic N) is 2. The summed E-state index contributed by atoms with van der Waals surface area (Å²) in [6.45, 7) is -0.0142. The third kappa shape index (κ3) is 5.20. The van der Waals surface area contributed by atoms with Gasteiger partial charge in [0.15, 0.2) is 0 Å². The molecule has 38 heavy (non-hydrogen) atoms. The number of esters is 1. The van der Waals surface area contributed by atoms with Crippen LogP contribution < -0.4 is 15.4 Å². The van der Waals surface area contributed by atoms with Gasteiger partial charge in [-0.3, -0.25) is 0 Å². The molecule has 9 nitrogen and oxygen atoms in total. The first-order valence-electron chi connectivity index (χ1n) is 12.1. The molecular weight excluding hydrogens is 482 g/mol. The summed E-state index contributed by atoms with van der Waals surface area (Å²) >= 11 is 0. The molecule has 0 fully saturated rings. The number of aromatic nitrogens is 2. The molecule has 190 valence electrons. The Morgan fingerprint density at radius 1 is 1.08 bits per heavy atom. The van der Waals surface area contributed by atoms with Crippen LogP contribution in [0.25, 0.3) is 11.0 Å². The number of nitriles is 1. The Bertz CT molecular complexity index is 1570. The molecule has 2 amide bonds. The predicted octanol–water partition coefficient (Wildman–Crippen LogP) is 4.43. The van der Waals surface area contributed by atoms with E-state index in [1.165, 1.54) is 0 Å². The minimum atomic E-state index is -0.745. The number of allylic oxidation sites excluding steroid dienone is 1. The average molecular weight is 508 g/mol. The Morgan fingerprint density at radius 2 is 1.92 bits per heavy atom. The Balaban J connectivity index is 1.48. The summed E-state index contributed by atoms with van der Waals surface area (Å²) in [5.41, 5.74) is 4.37. The third-order valence-corrected chi connectivity index (χ3v) is 6.42. The number of pyridine rings is 1. The fourth-order valence-electron chi connectivity index (χ4n) is 4.52. The van der Waals surface area contributed by atoms with Crippen molar-refractivity contribution < 1.29 is 19.1 Å². The van der Waals surface area contributed by atoms with Crippen LogP contribution in [0.5, 0.6) is 5.75 Å². The van der Waals surface area contributed by atoms with Gasteiger partial charge in [-0.1, -0.05) is 24.3 Å². The second-order valence-corrected chi connectivity index (χ2v) is 8.80. The van der Waals surface area contributed by atoms with Gasteiger partial charge in [0.25, 0.3) is 0 Å². The summed E-state index contributed by atoms with van der Waals surface area (Å²) in [5.74, 6) is 0.189. The smallest absolute Gasteiger partial charge is 0.338 e. The van der Waals surface area contributed by atoms with Gasteiger partial charge < -0.3 is 25.1 Å². The van der Waals surface area contributed by atoms with E-state index in [1.807, 2.05) is 30.3 Å². The lowest BCUT2D eigenvalue weighted by molar-refractivity contribution is -0.140. The van der Waals surface area contributed by atoms with E-state index >= 15 is 0 Å². The summed E-state index contributed by atoms with van der Waals surface area (Å²) < 4.78 is 10.9. The molecule has 9 heteroatoms. The lowest BCUT2D eigenvalue weighted by Gasteiger charge is -2.29. The number of aryl methyl sites for hydroxylation is 1. The Hall–Kier alpha value is -5.10. The second kappa shape index (κ2) is 10.9. The number of nitrogens with one attached hydrogen (secondary N) is 3. The van der Waals surface area contributed by atoms with Crippen LogP contribution in [0.15, 0.2) is 84.3 Å². The van der Waals surface area contributed by atoms with Crippen molar-refractivity contribution in [2.45, 2.75) is 25.5 Å². The maximum atomic E-state index is 13.6. The Morgan fingerprint density at radius 3 is 2.71 bits per heavy atom. The topological polar surface area (TPSA) is 129 Å². The first-order valence-corrected chi connectivity index (χ1v) is 12.1. The van der Waals surface area contributed by atoms with Crippen molar-refractivity contribution in [2.75, 3.05) is 7.11 Å². The van der Waals surface area contributed by atoms with Crippen LogP contribution in [0.1, 0.15) is 34.7 Å². The van der Waals surface area contributed by atoms with Gasteiger partial charge in [-0.05, 0) is 60.4 Å². The van der Waals surface area contributed by atoms with Crippen LogP contribution >= 0.6 is 0 Å². The van der Waals surface area contributed by atoms with E-state index in [9.17, 15) is 14.9 Å². The van der Waals surface area contributed by atoms with Crippen molar-refractivity contribution in [3.63, 3.8) is 0 Å². The molecule has 1 atom stereocenters. The maximum absolute atomic E-state index is 13.6. The zero-order chi connectivity index (χ0) is 26.5. The molecule has 3 heterocycles. The minimum absolute atomic E-state index is 0.0142. The van der Waals surface area contributed by atoms with Crippen molar-refractivity contribution in [1.82, 2.24) is 20.6 Å². The number of benzene rings is 2. The van der Waals surface area contributed by atoms with Gasteiger partial charge in [0, 0.05) is 29.0 Å². The molecule has 0 saturated carbocycles. The van der Waals surface area contributed by atoms with Crippen molar-refractivity contribution in [3.05, 3.63) is 107 Å². The molecule has 0 saturated heterocycles. The van der Waals surface area contributed by atoms with E-state index in [0.29, 0.717) is 46.4 Å². The first-order chi connectivity index (χ1) is 18.6. The van der Waals surface area contributed by atoms with E-state index in [-0.39, 0.29) is 6.61 Å². The highest BCUT2D eigenvalue weighted by molar-refractivity contribution is 5.96. The molecule has 1 aliphatic rings. The molecule has 1 unspecified atom stereocenters. The van der Waals surface area contributed by atoms with Gasteiger partial charge >= 0.3 is 12.0 Å².